The maximum atomic E-state index is 11.7. The van der Waals surface area contributed by atoms with Crippen LogP contribution in [0, 0.1) is 11.8 Å². The Bertz CT molecular complexity index is 132. The van der Waals surface area contributed by atoms with Crippen molar-refractivity contribution in [3.05, 3.63) is 0 Å². The van der Waals surface area contributed by atoms with Gasteiger partial charge in [0.1, 0.15) is 0 Å². The summed E-state index contributed by atoms with van der Waals surface area (Å²) in [5, 5.41) is 2.72. The van der Waals surface area contributed by atoms with Gasteiger partial charge in [-0.15, -0.1) is 0 Å². The molecule has 3 atom stereocenters. The third-order valence-corrected chi connectivity index (χ3v) is 2.14. The number of halogens is 3. The highest BCUT2D eigenvalue weighted by atomic mass is 19.4. The molecule has 9 heavy (non-hydrogen) atoms. The lowest BCUT2D eigenvalue weighted by Gasteiger charge is -2.08. The van der Waals surface area contributed by atoms with Gasteiger partial charge in [0.2, 0.25) is 0 Å². The molecule has 2 rings (SSSR count). The Labute approximate surface area is 50.2 Å². The van der Waals surface area contributed by atoms with E-state index in [-0.39, 0.29) is 12.0 Å². The van der Waals surface area contributed by atoms with Crippen LogP contribution in [0.4, 0.5) is 13.2 Å². The minimum atomic E-state index is -3.95. The van der Waals surface area contributed by atoms with Gasteiger partial charge in [0.15, 0.2) is 0 Å². The van der Waals surface area contributed by atoms with Crippen LogP contribution in [-0.2, 0) is 0 Å². The molecule has 3 unspecified atom stereocenters. The summed E-state index contributed by atoms with van der Waals surface area (Å²) in [4.78, 5) is 0. The normalized spacial score (nSPS) is 47.7. The molecule has 4 heteroatoms. The van der Waals surface area contributed by atoms with Crippen molar-refractivity contribution in [2.75, 3.05) is 6.54 Å². The topological polar surface area (TPSA) is 12.0 Å². The summed E-state index contributed by atoms with van der Waals surface area (Å²) in [7, 11) is 0. The Morgan fingerprint density at radius 1 is 1.33 bits per heavy atom. The summed E-state index contributed by atoms with van der Waals surface area (Å²) < 4.78 is 35.2. The fraction of sp³-hybridized carbons (Fsp3) is 1.00. The molecule has 0 radical (unpaired) electrons. The molecule has 2 aliphatic rings. The lowest BCUT2D eigenvalue weighted by atomic mass is 10.3. The van der Waals surface area contributed by atoms with Gasteiger partial charge in [-0.25, -0.2) is 0 Å². The average Bonchev–Trinajstić information content (AvgIpc) is 2.04. The summed E-state index contributed by atoms with van der Waals surface area (Å²) >= 11 is 0. The van der Waals surface area contributed by atoms with Crippen LogP contribution >= 0.6 is 0 Å². The van der Waals surface area contributed by atoms with Crippen LogP contribution in [0.3, 0.4) is 0 Å². The molecule has 1 aliphatic carbocycles. The summed E-state index contributed by atoms with van der Waals surface area (Å²) in [5.74, 6) is -1.09. The predicted molar refractivity (Wildman–Crippen MR) is 24.8 cm³/mol. The van der Waals surface area contributed by atoms with E-state index in [4.69, 9.17) is 0 Å². The Morgan fingerprint density at radius 3 is 2.00 bits per heavy atom. The SMILES string of the molecule is FC(F)(F)C1C2CNC21. The molecule has 1 saturated heterocycles. The van der Waals surface area contributed by atoms with Gasteiger partial charge >= 0.3 is 6.18 Å². The Balaban J connectivity index is 2.02. The van der Waals surface area contributed by atoms with E-state index in [2.05, 4.69) is 5.32 Å². The second-order valence-corrected chi connectivity index (χ2v) is 2.67. The highest BCUT2D eigenvalue weighted by Gasteiger charge is 2.68. The first-order valence-electron chi connectivity index (χ1n) is 2.91. The minimum absolute atomic E-state index is 0.0787. The summed E-state index contributed by atoms with van der Waals surface area (Å²) in [5.41, 5.74) is 0. The Morgan fingerprint density at radius 2 is 1.89 bits per heavy atom. The van der Waals surface area contributed by atoms with Crippen LogP contribution < -0.4 is 5.32 Å². The number of hydrogen-bond donors (Lipinski definition) is 1. The summed E-state index contributed by atoms with van der Waals surface area (Å²) in [6, 6.07) is -0.218. The van der Waals surface area contributed by atoms with Gasteiger partial charge in [-0.1, -0.05) is 0 Å². The van der Waals surface area contributed by atoms with Crippen molar-refractivity contribution in [2.45, 2.75) is 12.2 Å². The maximum Gasteiger partial charge on any atom is 0.393 e. The van der Waals surface area contributed by atoms with E-state index in [1.54, 1.807) is 0 Å². The predicted octanol–water partition coefficient (Wildman–Crippen LogP) is 0.766. The van der Waals surface area contributed by atoms with E-state index in [9.17, 15) is 13.2 Å². The van der Waals surface area contributed by atoms with Crippen LogP contribution in [0.25, 0.3) is 0 Å². The molecule has 0 aromatic heterocycles. The van der Waals surface area contributed by atoms with Crippen molar-refractivity contribution in [3.8, 4) is 0 Å². The van der Waals surface area contributed by atoms with Crippen molar-refractivity contribution in [2.24, 2.45) is 11.8 Å². The fourth-order valence-corrected chi connectivity index (χ4v) is 1.46. The van der Waals surface area contributed by atoms with Crippen LogP contribution in [0.2, 0.25) is 0 Å². The number of alkyl halides is 3. The van der Waals surface area contributed by atoms with E-state index in [1.165, 1.54) is 0 Å². The first-order valence-corrected chi connectivity index (χ1v) is 2.91. The van der Waals surface area contributed by atoms with Crippen LogP contribution in [-0.4, -0.2) is 18.8 Å². The Hall–Kier alpha value is -0.250. The van der Waals surface area contributed by atoms with E-state index in [0.717, 1.165) is 0 Å². The number of fused-ring (bicyclic) bond motifs is 1. The van der Waals surface area contributed by atoms with Crippen molar-refractivity contribution >= 4 is 0 Å². The zero-order valence-corrected chi connectivity index (χ0v) is 4.57. The van der Waals surface area contributed by atoms with Crippen LogP contribution in [0.15, 0.2) is 0 Å². The fourth-order valence-electron chi connectivity index (χ4n) is 1.46. The standard InChI is InChI=1S/C5H6F3N/c6-5(7,8)3-2-1-9-4(2)3/h2-4,9H,1H2. The molecule has 1 nitrogen and oxygen atoms in total. The monoisotopic (exact) mass is 137 g/mol. The summed E-state index contributed by atoms with van der Waals surface area (Å²) in [6.07, 6.45) is -3.95. The van der Waals surface area contributed by atoms with Gasteiger partial charge in [-0.05, 0) is 0 Å². The van der Waals surface area contributed by atoms with E-state index >= 15 is 0 Å². The van der Waals surface area contributed by atoms with Gasteiger partial charge in [-0.2, -0.15) is 13.2 Å². The molecule has 1 N–H and O–H groups in total. The third kappa shape index (κ3) is 0.595. The molecule has 0 aromatic carbocycles. The molecule has 0 amide bonds. The number of rotatable bonds is 0. The zero-order valence-electron chi connectivity index (χ0n) is 4.57. The number of nitrogens with one attached hydrogen (secondary N) is 1. The molecule has 1 saturated carbocycles. The molecule has 1 heterocycles. The van der Waals surface area contributed by atoms with E-state index in [0.29, 0.717) is 6.54 Å². The van der Waals surface area contributed by atoms with Gasteiger partial charge in [0.25, 0.3) is 0 Å². The van der Waals surface area contributed by atoms with Gasteiger partial charge in [0, 0.05) is 18.5 Å². The quantitative estimate of drug-likeness (QED) is 0.520. The minimum Gasteiger partial charge on any atom is -0.313 e. The summed E-state index contributed by atoms with van der Waals surface area (Å²) in [6.45, 7) is 0.564. The Kier molecular flexibility index (Phi) is 0.773. The maximum absolute atomic E-state index is 11.7. The van der Waals surface area contributed by atoms with Crippen molar-refractivity contribution in [3.63, 3.8) is 0 Å². The molecule has 52 valence electrons. The highest BCUT2D eigenvalue weighted by molar-refractivity contribution is 5.14. The first-order chi connectivity index (χ1) is 4.11. The lowest BCUT2D eigenvalue weighted by Crippen LogP contribution is -2.32. The van der Waals surface area contributed by atoms with Gasteiger partial charge in [0.05, 0.1) is 5.92 Å². The zero-order chi connectivity index (χ0) is 6.65. The molecule has 2 fully saturated rings. The lowest BCUT2D eigenvalue weighted by molar-refractivity contribution is -0.149. The molecule has 0 bridgehead atoms. The molecule has 1 aliphatic heterocycles. The van der Waals surface area contributed by atoms with Crippen LogP contribution in [0.5, 0.6) is 0 Å². The van der Waals surface area contributed by atoms with Crippen molar-refractivity contribution in [1.29, 1.82) is 0 Å². The second kappa shape index (κ2) is 1.26. The smallest absolute Gasteiger partial charge is 0.313 e. The third-order valence-electron chi connectivity index (χ3n) is 2.14. The van der Waals surface area contributed by atoms with Crippen molar-refractivity contribution < 1.29 is 13.2 Å². The molecular formula is C5H6F3N. The highest BCUT2D eigenvalue weighted by Crippen LogP contribution is 2.54. The van der Waals surface area contributed by atoms with Gasteiger partial charge < -0.3 is 5.32 Å². The first kappa shape index (κ1) is 5.53. The van der Waals surface area contributed by atoms with Crippen molar-refractivity contribution in [1.82, 2.24) is 5.32 Å². The van der Waals surface area contributed by atoms with Crippen LogP contribution in [0.1, 0.15) is 0 Å². The van der Waals surface area contributed by atoms with Gasteiger partial charge in [-0.3, -0.25) is 0 Å². The largest absolute Gasteiger partial charge is 0.393 e. The number of hydrogen-bond acceptors (Lipinski definition) is 1. The molecular weight excluding hydrogens is 131 g/mol. The second-order valence-electron chi connectivity index (χ2n) is 2.67. The molecule has 0 spiro atoms. The average molecular weight is 137 g/mol. The van der Waals surface area contributed by atoms with E-state index < -0.39 is 12.1 Å². The molecule has 0 aromatic rings. The van der Waals surface area contributed by atoms with E-state index in [1.807, 2.05) is 0 Å².